The van der Waals surface area contributed by atoms with Crippen LogP contribution in [0.4, 0.5) is 0 Å². The maximum atomic E-state index is 4.72. The lowest BCUT2D eigenvalue weighted by molar-refractivity contribution is 0.0613. The van der Waals surface area contributed by atoms with Crippen LogP contribution in [0.1, 0.15) is 65.2 Å². The van der Waals surface area contributed by atoms with Crippen molar-refractivity contribution in [2.75, 3.05) is 18.8 Å². The van der Waals surface area contributed by atoms with E-state index in [1.165, 1.54) is 64.5 Å². The Hall–Kier alpha value is 0.310. The molecule has 0 amide bonds. The fraction of sp³-hybridized carbons (Fsp3) is 1.00. The zero-order valence-electron chi connectivity index (χ0n) is 12.3. The summed E-state index contributed by atoms with van der Waals surface area (Å²) < 4.78 is 0. The summed E-state index contributed by atoms with van der Waals surface area (Å²) in [7, 11) is 0. The number of thiol groups is 1. The van der Waals surface area contributed by atoms with Gasteiger partial charge in [-0.2, -0.15) is 12.6 Å². The van der Waals surface area contributed by atoms with Gasteiger partial charge in [-0.1, -0.05) is 32.6 Å². The quantitative estimate of drug-likeness (QED) is 0.588. The highest BCUT2D eigenvalue weighted by Gasteiger charge is 2.35. The lowest BCUT2D eigenvalue weighted by Gasteiger charge is -2.44. The Morgan fingerprint density at radius 3 is 2.33 bits per heavy atom. The van der Waals surface area contributed by atoms with Gasteiger partial charge >= 0.3 is 0 Å². The molecule has 1 aliphatic carbocycles. The molecule has 2 atom stereocenters. The second-order valence-corrected chi connectivity index (χ2v) is 7.22. The first kappa shape index (κ1) is 14.7. The Morgan fingerprint density at radius 1 is 1.06 bits per heavy atom. The van der Waals surface area contributed by atoms with E-state index in [1.807, 2.05) is 0 Å². The van der Waals surface area contributed by atoms with Gasteiger partial charge in [0, 0.05) is 12.6 Å². The number of hydrogen-bond donors (Lipinski definition) is 1. The minimum absolute atomic E-state index is 0.519. The van der Waals surface area contributed by atoms with Crippen molar-refractivity contribution in [3.63, 3.8) is 0 Å². The standard InChI is InChI=1S/C16H31NS/c1-14-8-7-11-17(15(14)2)12-16(13-18)9-5-3-4-6-10-16/h14-15,18H,3-13H2,1-2H3. The van der Waals surface area contributed by atoms with Crippen LogP contribution in [-0.4, -0.2) is 29.8 Å². The molecule has 2 unspecified atom stereocenters. The first-order valence-electron chi connectivity index (χ1n) is 8.02. The summed E-state index contributed by atoms with van der Waals surface area (Å²) in [5, 5.41) is 0. The van der Waals surface area contributed by atoms with Crippen LogP contribution < -0.4 is 0 Å². The number of hydrogen-bond acceptors (Lipinski definition) is 2. The van der Waals surface area contributed by atoms with Gasteiger partial charge in [-0.15, -0.1) is 0 Å². The average molecular weight is 269 g/mol. The van der Waals surface area contributed by atoms with Crippen LogP contribution in [0.5, 0.6) is 0 Å². The van der Waals surface area contributed by atoms with Crippen LogP contribution in [0.2, 0.25) is 0 Å². The second-order valence-electron chi connectivity index (χ2n) is 6.90. The average Bonchev–Trinajstić information content (AvgIpc) is 2.61. The molecule has 0 spiro atoms. The van der Waals surface area contributed by atoms with Crippen LogP contribution in [0.3, 0.4) is 0 Å². The molecule has 2 fully saturated rings. The summed E-state index contributed by atoms with van der Waals surface area (Å²) in [6, 6.07) is 0.777. The second kappa shape index (κ2) is 6.65. The zero-order valence-corrected chi connectivity index (χ0v) is 13.2. The van der Waals surface area contributed by atoms with Gasteiger partial charge in [-0.05, 0) is 56.2 Å². The molecular formula is C16H31NS. The monoisotopic (exact) mass is 269 g/mol. The Morgan fingerprint density at radius 2 is 1.72 bits per heavy atom. The maximum Gasteiger partial charge on any atom is 0.00928 e. The van der Waals surface area contributed by atoms with Crippen molar-refractivity contribution in [1.82, 2.24) is 4.90 Å². The number of nitrogens with zero attached hydrogens (tertiary/aromatic N) is 1. The predicted molar refractivity (Wildman–Crippen MR) is 83.4 cm³/mol. The molecular weight excluding hydrogens is 238 g/mol. The van der Waals surface area contributed by atoms with Crippen molar-refractivity contribution in [1.29, 1.82) is 0 Å². The highest BCUT2D eigenvalue weighted by Crippen LogP contribution is 2.38. The third-order valence-electron chi connectivity index (χ3n) is 5.54. The summed E-state index contributed by atoms with van der Waals surface area (Å²) in [4.78, 5) is 2.77. The topological polar surface area (TPSA) is 3.24 Å². The summed E-state index contributed by atoms with van der Waals surface area (Å²) >= 11 is 4.72. The van der Waals surface area contributed by atoms with Crippen LogP contribution in [0, 0.1) is 11.3 Å². The van der Waals surface area contributed by atoms with Crippen molar-refractivity contribution >= 4 is 12.6 Å². The zero-order chi connectivity index (χ0) is 13.0. The minimum Gasteiger partial charge on any atom is -0.300 e. The SMILES string of the molecule is CC1CCCN(CC2(CS)CCCCCC2)C1C. The van der Waals surface area contributed by atoms with Crippen molar-refractivity contribution in [2.24, 2.45) is 11.3 Å². The lowest BCUT2D eigenvalue weighted by Crippen LogP contribution is -2.48. The molecule has 1 saturated carbocycles. The summed E-state index contributed by atoms with van der Waals surface area (Å²) in [5.41, 5.74) is 0.519. The van der Waals surface area contributed by atoms with Crippen molar-refractivity contribution in [3.8, 4) is 0 Å². The molecule has 106 valence electrons. The number of rotatable bonds is 3. The van der Waals surface area contributed by atoms with Gasteiger partial charge in [0.05, 0.1) is 0 Å². The normalized spacial score (nSPS) is 34.2. The Labute approximate surface area is 119 Å². The van der Waals surface area contributed by atoms with Gasteiger partial charge in [0.1, 0.15) is 0 Å². The molecule has 2 aliphatic rings. The van der Waals surface area contributed by atoms with Gasteiger partial charge in [-0.3, -0.25) is 4.90 Å². The van der Waals surface area contributed by atoms with Crippen molar-refractivity contribution < 1.29 is 0 Å². The Bertz CT molecular complexity index is 245. The van der Waals surface area contributed by atoms with Gasteiger partial charge < -0.3 is 0 Å². The highest BCUT2D eigenvalue weighted by atomic mass is 32.1. The molecule has 0 N–H and O–H groups in total. The molecule has 1 aliphatic heterocycles. The smallest absolute Gasteiger partial charge is 0.00928 e. The molecule has 0 radical (unpaired) electrons. The molecule has 1 saturated heterocycles. The van der Waals surface area contributed by atoms with Crippen molar-refractivity contribution in [2.45, 2.75) is 71.3 Å². The van der Waals surface area contributed by atoms with Crippen molar-refractivity contribution in [3.05, 3.63) is 0 Å². The Kier molecular flexibility index (Phi) is 5.44. The van der Waals surface area contributed by atoms with Crippen LogP contribution in [0.15, 0.2) is 0 Å². The van der Waals surface area contributed by atoms with E-state index in [0.29, 0.717) is 5.41 Å². The van der Waals surface area contributed by atoms with E-state index in [1.54, 1.807) is 0 Å². The third-order valence-corrected chi connectivity index (χ3v) is 6.21. The molecule has 0 bridgehead atoms. The summed E-state index contributed by atoms with van der Waals surface area (Å²) in [6.45, 7) is 7.49. The molecule has 2 rings (SSSR count). The van der Waals surface area contributed by atoms with E-state index in [4.69, 9.17) is 12.6 Å². The molecule has 1 heterocycles. The molecule has 0 aromatic rings. The highest BCUT2D eigenvalue weighted by molar-refractivity contribution is 7.80. The summed E-state index contributed by atoms with van der Waals surface area (Å²) in [5.74, 6) is 1.96. The number of piperidine rings is 1. The van der Waals surface area contributed by atoms with Crippen LogP contribution in [-0.2, 0) is 0 Å². The van der Waals surface area contributed by atoms with E-state index in [-0.39, 0.29) is 0 Å². The van der Waals surface area contributed by atoms with Gasteiger partial charge in [0.2, 0.25) is 0 Å². The van der Waals surface area contributed by atoms with Crippen LogP contribution >= 0.6 is 12.6 Å². The first-order chi connectivity index (χ1) is 8.67. The summed E-state index contributed by atoms with van der Waals surface area (Å²) in [6.07, 6.45) is 11.4. The maximum absolute atomic E-state index is 4.72. The number of likely N-dealkylation sites (tertiary alicyclic amines) is 1. The van der Waals surface area contributed by atoms with E-state index in [0.717, 1.165) is 17.7 Å². The lowest BCUT2D eigenvalue weighted by atomic mass is 9.80. The first-order valence-corrected chi connectivity index (χ1v) is 8.65. The molecule has 0 aromatic carbocycles. The fourth-order valence-electron chi connectivity index (χ4n) is 3.92. The molecule has 1 nitrogen and oxygen atoms in total. The van der Waals surface area contributed by atoms with Gasteiger partial charge in [0.25, 0.3) is 0 Å². The third kappa shape index (κ3) is 3.45. The van der Waals surface area contributed by atoms with Gasteiger partial charge in [-0.25, -0.2) is 0 Å². The van der Waals surface area contributed by atoms with Gasteiger partial charge in [0.15, 0.2) is 0 Å². The Balaban J connectivity index is 1.99. The molecule has 18 heavy (non-hydrogen) atoms. The molecule has 0 aromatic heterocycles. The predicted octanol–water partition coefficient (Wildman–Crippen LogP) is 4.38. The largest absolute Gasteiger partial charge is 0.300 e. The van der Waals surface area contributed by atoms with E-state index >= 15 is 0 Å². The minimum atomic E-state index is 0.519. The van der Waals surface area contributed by atoms with Crippen LogP contribution in [0.25, 0.3) is 0 Å². The van der Waals surface area contributed by atoms with E-state index in [9.17, 15) is 0 Å². The van der Waals surface area contributed by atoms with E-state index < -0.39 is 0 Å². The molecule has 2 heteroatoms. The fourth-order valence-corrected chi connectivity index (χ4v) is 4.34. The van der Waals surface area contributed by atoms with E-state index in [2.05, 4.69) is 18.7 Å².